The second kappa shape index (κ2) is 6.43. The Morgan fingerprint density at radius 3 is 2.56 bits per heavy atom. The second-order valence-electron chi connectivity index (χ2n) is 2.28. The van der Waals surface area contributed by atoms with E-state index < -0.39 is 0 Å². The van der Waals surface area contributed by atoms with Crippen LogP contribution in [0.2, 0.25) is 0 Å². The van der Waals surface area contributed by atoms with Crippen LogP contribution in [-0.4, -0.2) is 17.0 Å². The van der Waals surface area contributed by atoms with Crippen molar-refractivity contribution < 1.29 is 5.11 Å². The Morgan fingerprint density at radius 1 is 1.44 bits per heavy atom. The van der Waals surface area contributed by atoms with Gasteiger partial charge in [-0.15, -0.1) is 0 Å². The summed E-state index contributed by atoms with van der Waals surface area (Å²) in [5, 5.41) is 9.06. The molecule has 1 atom stereocenters. The van der Waals surface area contributed by atoms with E-state index in [4.69, 9.17) is 5.11 Å². The molecule has 0 aliphatic rings. The summed E-state index contributed by atoms with van der Waals surface area (Å²) in [7, 11) is 0. The minimum absolute atomic E-state index is 0.0788. The van der Waals surface area contributed by atoms with Crippen molar-refractivity contribution in [2.75, 3.05) is 5.75 Å². The molecule has 9 heavy (non-hydrogen) atoms. The molecule has 0 spiro atoms. The van der Waals surface area contributed by atoms with Crippen LogP contribution in [0.25, 0.3) is 0 Å². The van der Waals surface area contributed by atoms with Crippen molar-refractivity contribution in [3.05, 3.63) is 0 Å². The molecule has 0 fully saturated rings. The van der Waals surface area contributed by atoms with Crippen molar-refractivity contribution in [1.82, 2.24) is 0 Å². The van der Waals surface area contributed by atoms with Crippen LogP contribution < -0.4 is 0 Å². The summed E-state index contributed by atoms with van der Waals surface area (Å²) >= 11 is 4.07. The van der Waals surface area contributed by atoms with Crippen LogP contribution >= 0.6 is 12.6 Å². The van der Waals surface area contributed by atoms with Gasteiger partial charge in [-0.25, -0.2) is 0 Å². The fourth-order valence-electron chi connectivity index (χ4n) is 0.696. The van der Waals surface area contributed by atoms with Crippen LogP contribution in [0.15, 0.2) is 0 Å². The third-order valence-corrected chi connectivity index (χ3v) is 1.73. The van der Waals surface area contributed by atoms with Crippen molar-refractivity contribution in [3.63, 3.8) is 0 Å². The number of aliphatic hydroxyl groups is 1. The zero-order valence-electron chi connectivity index (χ0n) is 6.01. The van der Waals surface area contributed by atoms with Crippen molar-refractivity contribution in [2.24, 2.45) is 0 Å². The molecule has 1 nitrogen and oxygen atoms in total. The summed E-state index contributed by atoms with van der Waals surface area (Å²) in [6, 6.07) is 0. The van der Waals surface area contributed by atoms with Gasteiger partial charge in [-0.2, -0.15) is 12.6 Å². The van der Waals surface area contributed by atoms with E-state index in [0.717, 1.165) is 31.4 Å². The van der Waals surface area contributed by atoms with Gasteiger partial charge in [-0.1, -0.05) is 13.3 Å². The monoisotopic (exact) mass is 148 g/mol. The lowest BCUT2D eigenvalue weighted by Crippen LogP contribution is -2.03. The summed E-state index contributed by atoms with van der Waals surface area (Å²) < 4.78 is 0. The maximum Gasteiger partial charge on any atom is 0.0537 e. The highest BCUT2D eigenvalue weighted by Gasteiger charge is 1.97. The van der Waals surface area contributed by atoms with Crippen LogP contribution in [0.3, 0.4) is 0 Å². The number of rotatable bonds is 5. The van der Waals surface area contributed by atoms with E-state index in [1.165, 1.54) is 0 Å². The molecule has 0 bridgehead atoms. The number of hydrogen-bond acceptors (Lipinski definition) is 2. The summed E-state index contributed by atoms with van der Waals surface area (Å²) in [4.78, 5) is 0. The number of unbranched alkanes of at least 4 members (excludes halogenated alkanes) is 1. The smallest absolute Gasteiger partial charge is 0.0537 e. The minimum Gasteiger partial charge on any atom is -0.393 e. The van der Waals surface area contributed by atoms with Crippen molar-refractivity contribution >= 4 is 12.6 Å². The number of hydrogen-bond donors (Lipinski definition) is 2. The predicted octanol–water partition coefficient (Wildman–Crippen LogP) is 1.86. The van der Waals surface area contributed by atoms with Gasteiger partial charge in [0.2, 0.25) is 0 Å². The summed E-state index contributed by atoms with van der Waals surface area (Å²) in [6.07, 6.45) is 3.98. The van der Waals surface area contributed by atoms with E-state index in [1.54, 1.807) is 0 Å². The zero-order chi connectivity index (χ0) is 7.11. The number of thiol groups is 1. The first-order valence-corrected chi connectivity index (χ1v) is 4.23. The molecule has 2 heteroatoms. The summed E-state index contributed by atoms with van der Waals surface area (Å²) in [5.41, 5.74) is 0. The maximum atomic E-state index is 9.06. The first-order chi connectivity index (χ1) is 4.31. The summed E-state index contributed by atoms with van der Waals surface area (Å²) in [5.74, 6) is 0.941. The zero-order valence-corrected chi connectivity index (χ0v) is 6.90. The average Bonchev–Trinajstić information content (AvgIpc) is 1.89. The van der Waals surface area contributed by atoms with Gasteiger partial charge < -0.3 is 5.11 Å². The Hall–Kier alpha value is 0.310. The van der Waals surface area contributed by atoms with Gasteiger partial charge in [-0.05, 0) is 25.0 Å². The van der Waals surface area contributed by atoms with Crippen LogP contribution in [-0.2, 0) is 0 Å². The molecule has 0 amide bonds. The highest BCUT2D eigenvalue weighted by atomic mass is 32.1. The van der Waals surface area contributed by atoms with Gasteiger partial charge >= 0.3 is 0 Å². The fourth-order valence-corrected chi connectivity index (χ4v) is 0.919. The average molecular weight is 148 g/mol. The van der Waals surface area contributed by atoms with Gasteiger partial charge in [-0.3, -0.25) is 0 Å². The molecular formula is C7H16OS. The SMILES string of the molecule is CCC(O)CCCCS. The second-order valence-corrected chi connectivity index (χ2v) is 2.73. The van der Waals surface area contributed by atoms with Crippen molar-refractivity contribution in [2.45, 2.75) is 38.7 Å². The molecule has 0 rings (SSSR count). The Balaban J connectivity index is 2.88. The molecule has 0 aromatic heterocycles. The fraction of sp³-hybridized carbons (Fsp3) is 1.00. The van der Waals surface area contributed by atoms with Crippen LogP contribution in [0, 0.1) is 0 Å². The van der Waals surface area contributed by atoms with Gasteiger partial charge in [0.1, 0.15) is 0 Å². The Bertz CT molecular complexity index is 56.9. The van der Waals surface area contributed by atoms with Crippen LogP contribution in [0.5, 0.6) is 0 Å². The third-order valence-electron chi connectivity index (χ3n) is 1.42. The molecule has 0 radical (unpaired) electrons. The van der Waals surface area contributed by atoms with Gasteiger partial charge in [0.15, 0.2) is 0 Å². The molecule has 0 saturated heterocycles. The predicted molar refractivity (Wildman–Crippen MR) is 44.0 cm³/mol. The molecule has 0 aliphatic carbocycles. The normalized spacial score (nSPS) is 13.7. The molecule has 0 aliphatic heterocycles. The Morgan fingerprint density at radius 2 is 2.11 bits per heavy atom. The van der Waals surface area contributed by atoms with Gasteiger partial charge in [0, 0.05) is 0 Å². The highest BCUT2D eigenvalue weighted by Crippen LogP contribution is 2.03. The summed E-state index contributed by atoms with van der Waals surface area (Å²) in [6.45, 7) is 2.01. The quantitative estimate of drug-likeness (QED) is 0.450. The lowest BCUT2D eigenvalue weighted by Gasteiger charge is -2.04. The highest BCUT2D eigenvalue weighted by molar-refractivity contribution is 7.80. The molecule has 0 saturated carbocycles. The van der Waals surface area contributed by atoms with E-state index in [9.17, 15) is 0 Å². The van der Waals surface area contributed by atoms with Crippen molar-refractivity contribution in [3.8, 4) is 0 Å². The Kier molecular flexibility index (Phi) is 6.65. The Labute approximate surface area is 62.9 Å². The van der Waals surface area contributed by atoms with Crippen LogP contribution in [0.1, 0.15) is 32.6 Å². The standard InChI is InChI=1S/C7H16OS/c1-2-7(8)5-3-4-6-9/h7-9H,2-6H2,1H3. The van der Waals surface area contributed by atoms with E-state index in [-0.39, 0.29) is 6.10 Å². The molecule has 1 unspecified atom stereocenters. The topological polar surface area (TPSA) is 20.2 Å². The molecule has 0 aromatic rings. The number of aliphatic hydroxyl groups excluding tert-OH is 1. The van der Waals surface area contributed by atoms with E-state index in [2.05, 4.69) is 12.6 Å². The van der Waals surface area contributed by atoms with Gasteiger partial charge in [0.05, 0.1) is 6.10 Å². The van der Waals surface area contributed by atoms with Crippen LogP contribution in [0.4, 0.5) is 0 Å². The van der Waals surface area contributed by atoms with E-state index in [1.807, 2.05) is 6.92 Å². The maximum absolute atomic E-state index is 9.06. The lowest BCUT2D eigenvalue weighted by molar-refractivity contribution is 0.157. The molecule has 1 N–H and O–H groups in total. The van der Waals surface area contributed by atoms with E-state index in [0.29, 0.717) is 0 Å². The molecule has 56 valence electrons. The van der Waals surface area contributed by atoms with Crippen molar-refractivity contribution in [1.29, 1.82) is 0 Å². The molecule has 0 heterocycles. The lowest BCUT2D eigenvalue weighted by atomic mass is 10.1. The largest absolute Gasteiger partial charge is 0.393 e. The minimum atomic E-state index is -0.0788. The van der Waals surface area contributed by atoms with Gasteiger partial charge in [0.25, 0.3) is 0 Å². The third kappa shape index (κ3) is 6.19. The first-order valence-electron chi connectivity index (χ1n) is 3.60. The molecule has 0 aromatic carbocycles. The first kappa shape index (κ1) is 9.31. The van der Waals surface area contributed by atoms with E-state index >= 15 is 0 Å². The molecular weight excluding hydrogens is 132 g/mol.